The van der Waals surface area contributed by atoms with Crippen molar-refractivity contribution >= 4 is 16.8 Å². The van der Waals surface area contributed by atoms with E-state index in [4.69, 9.17) is 0 Å². The van der Waals surface area contributed by atoms with Gasteiger partial charge in [-0.25, -0.2) is 0 Å². The third-order valence-electron chi connectivity index (χ3n) is 5.45. The molecular formula is C18H22N2O. The van der Waals surface area contributed by atoms with Gasteiger partial charge in [0.1, 0.15) is 0 Å². The summed E-state index contributed by atoms with van der Waals surface area (Å²) < 4.78 is 0. The number of hydrogen-bond donors (Lipinski definition) is 2. The summed E-state index contributed by atoms with van der Waals surface area (Å²) in [5, 5.41) is 4.52. The third-order valence-corrected chi connectivity index (χ3v) is 5.45. The smallest absolute Gasteiger partial charge is 0.226 e. The van der Waals surface area contributed by atoms with Crippen LogP contribution in [-0.2, 0) is 11.2 Å². The summed E-state index contributed by atoms with van der Waals surface area (Å²) in [6.07, 6.45) is 7.56. The summed E-state index contributed by atoms with van der Waals surface area (Å²) in [6.45, 7) is 2.11. The average molecular weight is 282 g/mol. The number of nitrogens with one attached hydrogen (secondary N) is 2. The molecule has 1 aromatic heterocycles. The quantitative estimate of drug-likeness (QED) is 0.887. The first-order chi connectivity index (χ1) is 10.2. The van der Waals surface area contributed by atoms with Crippen LogP contribution in [-0.4, -0.2) is 16.9 Å². The van der Waals surface area contributed by atoms with Gasteiger partial charge in [-0.05, 0) is 56.6 Å². The van der Waals surface area contributed by atoms with Crippen LogP contribution in [0.3, 0.4) is 0 Å². The van der Waals surface area contributed by atoms with Crippen LogP contribution in [0.5, 0.6) is 0 Å². The Kier molecular flexibility index (Phi) is 2.84. The maximum Gasteiger partial charge on any atom is 0.226 e. The van der Waals surface area contributed by atoms with E-state index >= 15 is 0 Å². The number of H-pyrrole nitrogens is 1. The number of aromatic nitrogens is 1. The topological polar surface area (TPSA) is 44.9 Å². The fraction of sp³-hybridized carbons (Fsp3) is 0.500. The number of amides is 1. The lowest BCUT2D eigenvalue weighted by molar-refractivity contribution is -0.135. The van der Waals surface area contributed by atoms with E-state index in [1.807, 2.05) is 6.07 Å². The van der Waals surface area contributed by atoms with Crippen LogP contribution < -0.4 is 5.32 Å². The molecule has 3 fully saturated rings. The van der Waals surface area contributed by atoms with Crippen molar-refractivity contribution in [3.05, 3.63) is 36.0 Å². The Morgan fingerprint density at radius 3 is 3.00 bits per heavy atom. The molecule has 3 heteroatoms. The third kappa shape index (κ3) is 2.06. The minimum absolute atomic E-state index is 0.000852. The van der Waals surface area contributed by atoms with E-state index in [0.717, 1.165) is 31.6 Å². The maximum atomic E-state index is 12.5. The molecule has 21 heavy (non-hydrogen) atoms. The number of aromatic amines is 1. The molecule has 0 spiro atoms. The van der Waals surface area contributed by atoms with Crippen molar-refractivity contribution in [2.45, 2.75) is 45.1 Å². The monoisotopic (exact) mass is 282 g/mol. The Balaban J connectivity index is 1.44. The van der Waals surface area contributed by atoms with Crippen molar-refractivity contribution in [2.24, 2.45) is 11.3 Å². The second-order valence-electron chi connectivity index (χ2n) is 7.03. The minimum atomic E-state index is -0.000852. The van der Waals surface area contributed by atoms with Crippen LogP contribution in [0.15, 0.2) is 30.5 Å². The van der Waals surface area contributed by atoms with Gasteiger partial charge in [0.25, 0.3) is 0 Å². The molecule has 5 rings (SSSR count). The number of carbonyl (C=O) groups is 1. The molecule has 110 valence electrons. The molecule has 0 saturated heterocycles. The summed E-state index contributed by atoms with van der Waals surface area (Å²) in [6, 6.07) is 8.52. The molecule has 0 unspecified atom stereocenters. The highest BCUT2D eigenvalue weighted by Gasteiger charge is 2.55. The van der Waals surface area contributed by atoms with Gasteiger partial charge >= 0.3 is 0 Å². The zero-order valence-corrected chi connectivity index (χ0v) is 12.5. The predicted molar refractivity (Wildman–Crippen MR) is 84.0 cm³/mol. The van der Waals surface area contributed by atoms with E-state index in [1.165, 1.54) is 22.9 Å². The largest absolute Gasteiger partial charge is 0.361 e. The molecular weight excluding hydrogens is 260 g/mol. The van der Waals surface area contributed by atoms with Gasteiger partial charge in [0.05, 0.1) is 0 Å². The molecule has 3 saturated carbocycles. The van der Waals surface area contributed by atoms with Gasteiger partial charge in [0.2, 0.25) is 5.91 Å². The number of carbonyl (C=O) groups excluding carboxylic acids is 1. The number of fused-ring (bicyclic) bond motifs is 2. The highest BCUT2D eigenvalue weighted by molar-refractivity contribution is 5.85. The molecule has 2 bridgehead atoms. The molecule has 1 amide bonds. The van der Waals surface area contributed by atoms with Gasteiger partial charge in [-0.15, -0.1) is 0 Å². The van der Waals surface area contributed by atoms with Gasteiger partial charge in [-0.3, -0.25) is 4.79 Å². The van der Waals surface area contributed by atoms with Gasteiger partial charge in [-0.1, -0.05) is 18.2 Å². The highest BCUT2D eigenvalue weighted by atomic mass is 16.2. The second kappa shape index (κ2) is 4.62. The Bertz CT molecular complexity index is 676. The molecule has 3 aliphatic rings. The van der Waals surface area contributed by atoms with E-state index in [2.05, 4.69) is 41.6 Å². The molecule has 0 radical (unpaired) electrons. The summed E-state index contributed by atoms with van der Waals surface area (Å²) in [5.74, 6) is 1.13. The maximum absolute atomic E-state index is 12.5. The van der Waals surface area contributed by atoms with Crippen LogP contribution in [0.2, 0.25) is 0 Å². The van der Waals surface area contributed by atoms with Crippen molar-refractivity contribution in [3.63, 3.8) is 0 Å². The molecule has 2 N–H and O–H groups in total. The lowest BCUT2D eigenvalue weighted by Crippen LogP contribution is -2.47. The zero-order chi connectivity index (χ0) is 14.4. The van der Waals surface area contributed by atoms with Crippen LogP contribution in [0, 0.1) is 11.3 Å². The fourth-order valence-corrected chi connectivity index (χ4v) is 4.29. The zero-order valence-electron chi connectivity index (χ0n) is 12.5. The van der Waals surface area contributed by atoms with Crippen LogP contribution >= 0.6 is 0 Å². The number of para-hydroxylation sites is 1. The van der Waals surface area contributed by atoms with Crippen LogP contribution in [0.25, 0.3) is 10.9 Å². The highest BCUT2D eigenvalue weighted by Crippen LogP contribution is 2.58. The first-order valence-electron chi connectivity index (χ1n) is 8.02. The molecule has 3 nitrogen and oxygen atoms in total. The lowest BCUT2D eigenvalue weighted by Gasteiger charge is -2.37. The van der Waals surface area contributed by atoms with Gasteiger partial charge in [0, 0.05) is 28.6 Å². The normalized spacial score (nSPS) is 28.3. The summed E-state index contributed by atoms with van der Waals surface area (Å²) >= 11 is 0. The van der Waals surface area contributed by atoms with Crippen LogP contribution in [0.1, 0.15) is 38.2 Å². The SMILES string of the molecule is C[C@H](Cc1c[nH]c2ccccc12)NC(=O)C12CCC(C1)C2. The van der Waals surface area contributed by atoms with Gasteiger partial charge < -0.3 is 10.3 Å². The van der Waals surface area contributed by atoms with E-state index in [9.17, 15) is 4.79 Å². The first-order valence-corrected chi connectivity index (χ1v) is 8.02. The van der Waals surface area contributed by atoms with Crippen molar-refractivity contribution in [1.82, 2.24) is 10.3 Å². The van der Waals surface area contributed by atoms with E-state index in [0.29, 0.717) is 5.91 Å². The fourth-order valence-electron chi connectivity index (χ4n) is 4.29. The summed E-state index contributed by atoms with van der Waals surface area (Å²) in [4.78, 5) is 15.8. The van der Waals surface area contributed by atoms with Crippen molar-refractivity contribution in [2.75, 3.05) is 0 Å². The van der Waals surface area contributed by atoms with E-state index in [1.54, 1.807) is 0 Å². The van der Waals surface area contributed by atoms with Crippen molar-refractivity contribution in [3.8, 4) is 0 Å². The standard InChI is InChI=1S/C18H22N2O/c1-12(20-17(21)18-7-6-13(9-18)10-18)8-14-11-19-16-5-3-2-4-15(14)16/h2-5,11-13,19H,6-10H2,1H3,(H,20,21)/t12-,13?,18?/m1/s1. The summed E-state index contributed by atoms with van der Waals surface area (Å²) in [7, 11) is 0. The molecule has 0 aliphatic heterocycles. The predicted octanol–water partition coefficient (Wildman–Crippen LogP) is 3.41. The summed E-state index contributed by atoms with van der Waals surface area (Å²) in [5.41, 5.74) is 2.45. The van der Waals surface area contributed by atoms with Crippen molar-refractivity contribution in [1.29, 1.82) is 0 Å². The molecule has 2 aromatic rings. The second-order valence-corrected chi connectivity index (χ2v) is 7.03. The molecule has 1 aromatic carbocycles. The average Bonchev–Trinajstić information content (AvgIpc) is 3.12. The van der Waals surface area contributed by atoms with Gasteiger partial charge in [-0.2, -0.15) is 0 Å². The Labute approximate surface area is 125 Å². The first kappa shape index (κ1) is 12.9. The molecule has 1 atom stereocenters. The van der Waals surface area contributed by atoms with Gasteiger partial charge in [0.15, 0.2) is 0 Å². The Morgan fingerprint density at radius 1 is 1.43 bits per heavy atom. The van der Waals surface area contributed by atoms with Crippen LogP contribution in [0.4, 0.5) is 0 Å². The Morgan fingerprint density at radius 2 is 2.24 bits per heavy atom. The lowest BCUT2D eigenvalue weighted by atomic mass is 9.69. The number of benzene rings is 1. The number of hydrogen-bond acceptors (Lipinski definition) is 1. The van der Waals surface area contributed by atoms with Crippen molar-refractivity contribution < 1.29 is 4.79 Å². The Hall–Kier alpha value is -1.77. The number of rotatable bonds is 4. The molecule has 3 aliphatic carbocycles. The minimum Gasteiger partial charge on any atom is -0.361 e. The van der Waals surface area contributed by atoms with E-state index in [-0.39, 0.29) is 11.5 Å². The molecule has 1 heterocycles. The van der Waals surface area contributed by atoms with E-state index < -0.39 is 0 Å².